The molecule has 188 valence electrons. The van der Waals surface area contributed by atoms with Gasteiger partial charge < -0.3 is 20.7 Å². The Hall–Kier alpha value is -4.91. The van der Waals surface area contributed by atoms with Crippen LogP contribution in [0, 0.1) is 18.8 Å². The molecule has 0 saturated heterocycles. The molecule has 1 atom stereocenters. The first-order valence-electron chi connectivity index (χ1n) is 11.5. The van der Waals surface area contributed by atoms with Gasteiger partial charge in [-0.3, -0.25) is 14.0 Å². The van der Waals surface area contributed by atoms with Crippen molar-refractivity contribution in [1.29, 1.82) is 0 Å². The van der Waals surface area contributed by atoms with Crippen molar-refractivity contribution in [1.82, 2.24) is 24.3 Å². The third kappa shape index (κ3) is 4.92. The van der Waals surface area contributed by atoms with Crippen molar-refractivity contribution < 1.29 is 14.3 Å². The minimum atomic E-state index is -0.412. The molecule has 0 saturated carbocycles. The number of carbonyl (C=O) groups is 2. The van der Waals surface area contributed by atoms with Gasteiger partial charge in [-0.2, -0.15) is 0 Å². The molecule has 1 aromatic carbocycles. The molecule has 4 rings (SSSR count). The number of hydrogen-bond donors (Lipinski definition) is 2. The second kappa shape index (κ2) is 10.4. The van der Waals surface area contributed by atoms with E-state index in [-0.39, 0.29) is 17.6 Å². The van der Waals surface area contributed by atoms with Crippen molar-refractivity contribution in [2.45, 2.75) is 26.8 Å². The van der Waals surface area contributed by atoms with Crippen molar-refractivity contribution in [3.8, 4) is 28.8 Å². The second-order valence-electron chi connectivity index (χ2n) is 8.41. The standard InChI is InChI=1S/C27H27N7O3/c1-6-7-22(35)33(4)17(3)26-32-23(24-25(28)29-12-13-34(24)26)18-9-10-19(20(14-18)37-5)27(36)31-21-11-8-16(2)15-30-21/h8-15,17H,1-5H3,(H2,28,29)(H,30,31,36)/t17-/m0/s1. The molecule has 0 aliphatic heterocycles. The van der Waals surface area contributed by atoms with E-state index in [2.05, 4.69) is 27.1 Å². The number of methoxy groups -OCH3 is 1. The van der Waals surface area contributed by atoms with E-state index in [1.54, 1.807) is 56.8 Å². The Morgan fingerprint density at radius 3 is 2.68 bits per heavy atom. The van der Waals surface area contributed by atoms with Crippen LogP contribution in [0.25, 0.3) is 16.8 Å². The molecule has 4 aromatic rings. The zero-order valence-electron chi connectivity index (χ0n) is 21.2. The summed E-state index contributed by atoms with van der Waals surface area (Å²) >= 11 is 0. The molecular formula is C27H27N7O3. The number of pyridine rings is 1. The number of ether oxygens (including phenoxy) is 1. The number of benzene rings is 1. The highest BCUT2D eigenvalue weighted by atomic mass is 16.5. The molecular weight excluding hydrogens is 470 g/mol. The van der Waals surface area contributed by atoms with E-state index in [9.17, 15) is 9.59 Å². The van der Waals surface area contributed by atoms with Crippen molar-refractivity contribution in [3.05, 3.63) is 65.9 Å². The van der Waals surface area contributed by atoms with E-state index in [1.165, 1.54) is 12.0 Å². The van der Waals surface area contributed by atoms with Gasteiger partial charge in [-0.1, -0.05) is 18.1 Å². The predicted molar refractivity (Wildman–Crippen MR) is 141 cm³/mol. The Morgan fingerprint density at radius 2 is 2.00 bits per heavy atom. The summed E-state index contributed by atoms with van der Waals surface area (Å²) in [7, 11) is 3.16. The van der Waals surface area contributed by atoms with Crippen LogP contribution in [0.5, 0.6) is 5.75 Å². The Labute approximate surface area is 214 Å². The van der Waals surface area contributed by atoms with Crippen molar-refractivity contribution in [2.75, 3.05) is 25.2 Å². The van der Waals surface area contributed by atoms with Gasteiger partial charge in [-0.15, -0.1) is 0 Å². The van der Waals surface area contributed by atoms with Gasteiger partial charge in [-0.05, 0) is 50.5 Å². The molecule has 3 aromatic heterocycles. The normalized spacial score (nSPS) is 11.4. The fourth-order valence-electron chi connectivity index (χ4n) is 3.88. The zero-order valence-corrected chi connectivity index (χ0v) is 21.2. The number of imidazole rings is 1. The SMILES string of the molecule is CC#CC(=O)N(C)[C@@H](C)c1nc(-c2ccc(C(=O)Nc3ccc(C)cn3)c(OC)c2)c2c(N)nccn12. The van der Waals surface area contributed by atoms with Crippen LogP contribution in [0.2, 0.25) is 0 Å². The number of rotatable bonds is 6. The lowest BCUT2D eigenvalue weighted by Crippen LogP contribution is -2.29. The average Bonchev–Trinajstić information content (AvgIpc) is 3.30. The van der Waals surface area contributed by atoms with Gasteiger partial charge in [0.1, 0.15) is 34.4 Å². The number of carbonyl (C=O) groups excluding carboxylic acids is 2. The highest BCUT2D eigenvalue weighted by Gasteiger charge is 2.25. The number of nitrogens with zero attached hydrogens (tertiary/aromatic N) is 5. The molecule has 0 unspecified atom stereocenters. The quantitative estimate of drug-likeness (QED) is 0.390. The van der Waals surface area contributed by atoms with Gasteiger partial charge >= 0.3 is 0 Å². The lowest BCUT2D eigenvalue weighted by Gasteiger charge is -2.21. The van der Waals surface area contributed by atoms with Crippen molar-refractivity contribution in [3.63, 3.8) is 0 Å². The van der Waals surface area contributed by atoms with Crippen LogP contribution in [-0.2, 0) is 4.79 Å². The lowest BCUT2D eigenvalue weighted by molar-refractivity contribution is -0.125. The molecule has 0 bridgehead atoms. The van der Waals surface area contributed by atoms with Crippen molar-refractivity contribution in [2.24, 2.45) is 0 Å². The molecule has 0 aliphatic carbocycles. The van der Waals surface area contributed by atoms with Crippen LogP contribution in [-0.4, -0.2) is 50.2 Å². The zero-order chi connectivity index (χ0) is 26.7. The molecule has 0 fully saturated rings. The van der Waals surface area contributed by atoms with E-state index in [1.807, 2.05) is 24.3 Å². The Kier molecular flexibility index (Phi) is 7.06. The van der Waals surface area contributed by atoms with Crippen LogP contribution in [0.15, 0.2) is 48.9 Å². The average molecular weight is 498 g/mol. The number of hydrogen-bond acceptors (Lipinski definition) is 7. The third-order valence-electron chi connectivity index (χ3n) is 5.99. The van der Waals surface area contributed by atoms with E-state index in [0.717, 1.165) is 5.56 Å². The topological polar surface area (TPSA) is 128 Å². The van der Waals surface area contributed by atoms with Gasteiger partial charge in [0.25, 0.3) is 11.8 Å². The number of anilines is 2. The fourth-order valence-corrected chi connectivity index (χ4v) is 3.88. The number of amides is 2. The highest BCUT2D eigenvalue weighted by molar-refractivity contribution is 6.06. The third-order valence-corrected chi connectivity index (χ3v) is 5.99. The van der Waals surface area contributed by atoms with Gasteiger partial charge in [0.05, 0.1) is 18.7 Å². The van der Waals surface area contributed by atoms with E-state index >= 15 is 0 Å². The fraction of sp³-hybridized carbons (Fsp3) is 0.222. The number of nitrogens with two attached hydrogens (primary N) is 1. The van der Waals surface area contributed by atoms with Crippen LogP contribution in [0.4, 0.5) is 11.6 Å². The number of aromatic nitrogens is 4. The summed E-state index contributed by atoms with van der Waals surface area (Å²) in [6, 6.07) is 8.33. The predicted octanol–water partition coefficient (Wildman–Crippen LogP) is 3.49. The first-order valence-corrected chi connectivity index (χ1v) is 11.5. The summed E-state index contributed by atoms with van der Waals surface area (Å²) in [5.74, 6) is 6.14. The molecule has 10 heteroatoms. The maximum absolute atomic E-state index is 12.9. The molecule has 3 heterocycles. The maximum atomic E-state index is 12.9. The molecule has 37 heavy (non-hydrogen) atoms. The Balaban J connectivity index is 1.76. The molecule has 3 N–H and O–H groups in total. The van der Waals surface area contributed by atoms with Crippen LogP contribution < -0.4 is 15.8 Å². The molecule has 0 aliphatic rings. The van der Waals surface area contributed by atoms with E-state index in [4.69, 9.17) is 15.5 Å². The van der Waals surface area contributed by atoms with Crippen molar-refractivity contribution >= 4 is 29.0 Å². The molecule has 10 nitrogen and oxygen atoms in total. The molecule has 2 amide bonds. The first kappa shape index (κ1) is 25.2. The summed E-state index contributed by atoms with van der Waals surface area (Å²) in [5.41, 5.74) is 9.37. The van der Waals surface area contributed by atoms with Gasteiger partial charge in [-0.25, -0.2) is 15.0 Å². The first-order chi connectivity index (χ1) is 17.7. The van der Waals surface area contributed by atoms with Gasteiger partial charge in [0.15, 0.2) is 0 Å². The number of aryl methyl sites for hydroxylation is 1. The number of nitrogen functional groups attached to an aromatic ring is 1. The summed E-state index contributed by atoms with van der Waals surface area (Å²) < 4.78 is 7.35. The van der Waals surface area contributed by atoms with Gasteiger partial charge in [0.2, 0.25) is 0 Å². The van der Waals surface area contributed by atoms with E-state index < -0.39 is 6.04 Å². The van der Waals surface area contributed by atoms with Crippen LogP contribution in [0.1, 0.15) is 41.6 Å². The highest BCUT2D eigenvalue weighted by Crippen LogP contribution is 2.34. The Morgan fingerprint density at radius 1 is 1.22 bits per heavy atom. The minimum Gasteiger partial charge on any atom is -0.496 e. The monoisotopic (exact) mass is 497 g/mol. The smallest absolute Gasteiger partial charge is 0.298 e. The van der Waals surface area contributed by atoms with Gasteiger partial charge in [0, 0.05) is 31.2 Å². The Bertz CT molecular complexity index is 1550. The summed E-state index contributed by atoms with van der Waals surface area (Å²) in [5, 5.41) is 2.78. The van der Waals surface area contributed by atoms with E-state index in [0.29, 0.717) is 39.7 Å². The van der Waals surface area contributed by atoms with Crippen LogP contribution in [0.3, 0.4) is 0 Å². The van der Waals surface area contributed by atoms with Crippen LogP contribution >= 0.6 is 0 Å². The summed E-state index contributed by atoms with van der Waals surface area (Å²) in [4.78, 5) is 40.1. The maximum Gasteiger partial charge on any atom is 0.298 e. The largest absolute Gasteiger partial charge is 0.496 e. The number of nitrogens with one attached hydrogen (secondary N) is 1. The number of fused-ring (bicyclic) bond motifs is 1. The summed E-state index contributed by atoms with van der Waals surface area (Å²) in [6.45, 7) is 5.39. The summed E-state index contributed by atoms with van der Waals surface area (Å²) in [6.07, 6.45) is 4.99. The minimum absolute atomic E-state index is 0.275. The second-order valence-corrected chi connectivity index (χ2v) is 8.41. The lowest BCUT2D eigenvalue weighted by atomic mass is 10.1. The molecule has 0 radical (unpaired) electrons. The molecule has 0 spiro atoms.